The summed E-state index contributed by atoms with van der Waals surface area (Å²) < 4.78 is 6.79. The lowest BCUT2D eigenvalue weighted by molar-refractivity contribution is -0.112. The van der Waals surface area contributed by atoms with Gasteiger partial charge in [0.25, 0.3) is 0 Å². The number of aliphatic hydroxyl groups excluding tert-OH is 2. The van der Waals surface area contributed by atoms with Gasteiger partial charge in [0.1, 0.15) is 0 Å². The van der Waals surface area contributed by atoms with Gasteiger partial charge >= 0.3 is 0 Å². The van der Waals surface area contributed by atoms with Gasteiger partial charge in [0, 0.05) is 11.5 Å². The molecule has 1 heterocycles. The fourth-order valence-corrected chi connectivity index (χ4v) is 6.98. The van der Waals surface area contributed by atoms with Crippen LogP contribution in [0.25, 0.3) is 0 Å². The summed E-state index contributed by atoms with van der Waals surface area (Å²) in [6, 6.07) is 0. The van der Waals surface area contributed by atoms with Crippen LogP contribution in [0.1, 0.15) is 66.7 Å². The van der Waals surface area contributed by atoms with E-state index in [1.807, 2.05) is 6.92 Å². The van der Waals surface area contributed by atoms with E-state index in [2.05, 4.69) is 33.8 Å². The van der Waals surface area contributed by atoms with E-state index in [0.29, 0.717) is 23.5 Å². The normalized spacial score (nSPS) is 44.4. The van der Waals surface area contributed by atoms with Crippen molar-refractivity contribution in [2.75, 3.05) is 6.61 Å². The van der Waals surface area contributed by atoms with E-state index in [0.717, 1.165) is 31.3 Å². The molecule has 29 heavy (non-hydrogen) atoms. The number of carbonyl (C=O) groups is 1. The Morgan fingerprint density at radius 2 is 2.03 bits per heavy atom. The predicted molar refractivity (Wildman–Crippen MR) is 113 cm³/mol. The van der Waals surface area contributed by atoms with Crippen LogP contribution in [0.4, 0.5) is 0 Å². The molecule has 4 heteroatoms. The van der Waals surface area contributed by atoms with Crippen LogP contribution < -0.4 is 0 Å². The Morgan fingerprint density at radius 3 is 2.69 bits per heavy atom. The summed E-state index contributed by atoms with van der Waals surface area (Å²) in [5.74, 6) is 0.610. The first kappa shape index (κ1) is 21.0. The maximum atomic E-state index is 12.7. The van der Waals surface area contributed by atoms with Crippen LogP contribution in [-0.4, -0.2) is 40.4 Å². The fraction of sp³-hybridized carbons (Fsp3) is 0.720. The highest BCUT2D eigenvalue weighted by molar-refractivity contribution is 6.08. The van der Waals surface area contributed by atoms with E-state index < -0.39 is 6.10 Å². The molecule has 0 aromatic carbocycles. The lowest BCUT2D eigenvalue weighted by Gasteiger charge is -2.45. The molecule has 2 fully saturated rings. The van der Waals surface area contributed by atoms with E-state index in [4.69, 9.17) is 4.74 Å². The van der Waals surface area contributed by atoms with Gasteiger partial charge in [0.15, 0.2) is 5.78 Å². The minimum Gasteiger partial charge on any atom is -0.392 e. The number of ether oxygens (including phenoxy) is 1. The van der Waals surface area contributed by atoms with E-state index in [9.17, 15) is 15.0 Å². The molecule has 0 aromatic rings. The number of hydrogen-bond donors (Lipinski definition) is 2. The summed E-state index contributed by atoms with van der Waals surface area (Å²) in [7, 11) is 0. The lowest BCUT2D eigenvalue weighted by atomic mass is 9.62. The summed E-state index contributed by atoms with van der Waals surface area (Å²) >= 11 is 0. The Balaban J connectivity index is 1.75. The Kier molecular flexibility index (Phi) is 5.20. The minimum atomic E-state index is -0.793. The molecule has 4 aliphatic rings. The van der Waals surface area contributed by atoms with Crippen molar-refractivity contribution in [3.05, 3.63) is 34.4 Å². The van der Waals surface area contributed by atoms with Crippen LogP contribution in [0.5, 0.6) is 0 Å². The molecule has 1 aliphatic heterocycles. The smallest absolute Gasteiger partial charge is 0.182 e. The number of hydrogen-bond acceptors (Lipinski definition) is 4. The fourth-order valence-electron chi connectivity index (χ4n) is 6.98. The number of ketones is 1. The largest absolute Gasteiger partial charge is 0.392 e. The van der Waals surface area contributed by atoms with Crippen LogP contribution in [-0.2, 0) is 9.53 Å². The summed E-state index contributed by atoms with van der Waals surface area (Å²) in [6.45, 7) is 10.6. The molecule has 0 aromatic heterocycles. The van der Waals surface area contributed by atoms with Crippen molar-refractivity contribution in [2.45, 2.75) is 84.5 Å². The van der Waals surface area contributed by atoms with Crippen LogP contribution >= 0.6 is 0 Å². The molecular weight excluding hydrogens is 364 g/mol. The van der Waals surface area contributed by atoms with Gasteiger partial charge in [-0.05, 0) is 81.8 Å². The topological polar surface area (TPSA) is 66.8 Å². The van der Waals surface area contributed by atoms with Crippen molar-refractivity contribution < 1.29 is 19.7 Å². The maximum absolute atomic E-state index is 12.7. The molecule has 0 amide bonds. The van der Waals surface area contributed by atoms with Crippen LogP contribution in [0.2, 0.25) is 0 Å². The maximum Gasteiger partial charge on any atom is 0.182 e. The quantitative estimate of drug-likeness (QED) is 0.684. The molecule has 160 valence electrons. The molecule has 0 radical (unpaired) electrons. The lowest BCUT2D eigenvalue weighted by Crippen LogP contribution is -2.46. The highest BCUT2D eigenvalue weighted by Crippen LogP contribution is 2.63. The number of allylic oxidation sites excluding steroid dienone is 4. The zero-order valence-corrected chi connectivity index (χ0v) is 18.5. The van der Waals surface area contributed by atoms with E-state index in [1.54, 1.807) is 6.08 Å². The molecule has 3 aliphatic carbocycles. The van der Waals surface area contributed by atoms with Crippen molar-refractivity contribution in [1.82, 2.24) is 0 Å². The Hall–Kier alpha value is -1.23. The van der Waals surface area contributed by atoms with Gasteiger partial charge in [-0.25, -0.2) is 0 Å². The van der Waals surface area contributed by atoms with Gasteiger partial charge < -0.3 is 14.9 Å². The number of rotatable bonds is 2. The summed E-state index contributed by atoms with van der Waals surface area (Å²) in [5.41, 5.74) is 3.30. The standard InChI is InChI=1S/C25H36O4/c1-14(2)8-17-10-16(4)25(29-17)7-6-24(5)12-18-15(3)9-21(28)23(18)19(13-26)20(27)11-22(24)25/h8-9,16-18,20,22,26-27H,6-7,10-13H2,1-5H3/t16-,17-,18+,20-,22+,24+,25-/m0/s1. The highest BCUT2D eigenvalue weighted by Gasteiger charge is 2.62. The predicted octanol–water partition coefficient (Wildman–Crippen LogP) is 4.12. The second kappa shape index (κ2) is 7.18. The third kappa shape index (κ3) is 3.19. The SMILES string of the molecule is CC(C)=C[C@H]1C[C@H](C)[C@]2(CC[C@]3(C)C[C@@H]4C(C)=CC(=O)C4=C(CO)[C@@H](O)C[C@H]32)O1. The number of carbonyl (C=O) groups excluding carboxylic acids is 1. The van der Waals surface area contributed by atoms with Gasteiger partial charge in [-0.3, -0.25) is 4.79 Å². The molecule has 0 unspecified atom stereocenters. The molecular formula is C25H36O4. The average Bonchev–Trinajstić information content (AvgIpc) is 3.17. The first-order valence-electron chi connectivity index (χ1n) is 11.2. The third-order valence-electron chi connectivity index (χ3n) is 8.40. The molecule has 7 atom stereocenters. The first-order valence-corrected chi connectivity index (χ1v) is 11.2. The zero-order chi connectivity index (χ0) is 21.1. The third-order valence-corrected chi connectivity index (χ3v) is 8.40. The van der Waals surface area contributed by atoms with Gasteiger partial charge in [0.05, 0.1) is 24.4 Å². The molecule has 0 bridgehead atoms. The first-order chi connectivity index (χ1) is 13.6. The average molecular weight is 401 g/mol. The minimum absolute atomic E-state index is 0.00568. The Labute approximate surface area is 174 Å². The second-order valence-electron chi connectivity index (χ2n) is 10.6. The van der Waals surface area contributed by atoms with Crippen molar-refractivity contribution in [1.29, 1.82) is 0 Å². The second-order valence-corrected chi connectivity index (χ2v) is 10.6. The van der Waals surface area contributed by atoms with Crippen LogP contribution in [0, 0.1) is 23.2 Å². The van der Waals surface area contributed by atoms with Gasteiger partial charge in [0.2, 0.25) is 0 Å². The van der Waals surface area contributed by atoms with Gasteiger partial charge in [-0.2, -0.15) is 0 Å². The summed E-state index contributed by atoms with van der Waals surface area (Å²) in [5, 5.41) is 21.2. The van der Waals surface area contributed by atoms with Crippen molar-refractivity contribution in [2.24, 2.45) is 23.2 Å². The zero-order valence-electron chi connectivity index (χ0n) is 18.5. The van der Waals surface area contributed by atoms with Gasteiger partial charge in [-0.15, -0.1) is 0 Å². The monoisotopic (exact) mass is 400 g/mol. The number of aliphatic hydroxyl groups is 2. The van der Waals surface area contributed by atoms with Crippen molar-refractivity contribution >= 4 is 5.78 Å². The summed E-state index contributed by atoms with van der Waals surface area (Å²) in [4.78, 5) is 12.7. The van der Waals surface area contributed by atoms with Crippen LogP contribution in [0.3, 0.4) is 0 Å². The van der Waals surface area contributed by atoms with Crippen LogP contribution in [0.15, 0.2) is 34.4 Å². The van der Waals surface area contributed by atoms with Crippen molar-refractivity contribution in [3.8, 4) is 0 Å². The Morgan fingerprint density at radius 1 is 1.31 bits per heavy atom. The molecule has 2 N–H and O–H groups in total. The Bertz CT molecular complexity index is 802. The van der Waals surface area contributed by atoms with Crippen molar-refractivity contribution in [3.63, 3.8) is 0 Å². The van der Waals surface area contributed by atoms with Gasteiger partial charge in [-0.1, -0.05) is 31.1 Å². The van der Waals surface area contributed by atoms with E-state index >= 15 is 0 Å². The number of fused-ring (bicyclic) bond motifs is 3. The molecule has 4 nitrogen and oxygen atoms in total. The molecule has 1 saturated heterocycles. The summed E-state index contributed by atoms with van der Waals surface area (Å²) in [6.07, 6.45) is 7.80. The van der Waals surface area contributed by atoms with E-state index in [-0.39, 0.29) is 41.3 Å². The molecule has 1 saturated carbocycles. The molecule has 1 spiro atoms. The molecule has 4 rings (SSSR count). The highest BCUT2D eigenvalue weighted by atomic mass is 16.5. The van der Waals surface area contributed by atoms with E-state index in [1.165, 1.54) is 5.57 Å².